The summed E-state index contributed by atoms with van der Waals surface area (Å²) in [4.78, 5) is 3.97. The topological polar surface area (TPSA) is 49.8 Å². The van der Waals surface area contributed by atoms with Crippen LogP contribution in [0.25, 0.3) is 0 Å². The van der Waals surface area contributed by atoms with E-state index in [9.17, 15) is 0 Å². The maximum absolute atomic E-state index is 8.26. The molecule has 0 bridgehead atoms. The second kappa shape index (κ2) is 5.67. The molecule has 4 heteroatoms. The summed E-state index contributed by atoms with van der Waals surface area (Å²) in [5, 5.41) is 8.98. The van der Waals surface area contributed by atoms with Crippen molar-refractivity contribution < 1.29 is 4.42 Å². The lowest BCUT2D eigenvalue weighted by atomic mass is 10.3. The van der Waals surface area contributed by atoms with Crippen LogP contribution < -0.4 is 0 Å². The Morgan fingerprint density at radius 1 is 1.58 bits per heavy atom. The van der Waals surface area contributed by atoms with Crippen molar-refractivity contribution >= 4 is 11.8 Å². The van der Waals surface area contributed by atoms with Gasteiger partial charge < -0.3 is 4.42 Å². The van der Waals surface area contributed by atoms with Gasteiger partial charge in [-0.2, -0.15) is 5.26 Å². The minimum absolute atomic E-state index is 0.645. The van der Waals surface area contributed by atoms with E-state index in [4.69, 9.17) is 9.68 Å². The molecule has 0 aliphatic rings. The molecule has 0 N–H and O–H groups in total. The number of aromatic nitrogens is 1. The van der Waals surface area contributed by atoms with Crippen molar-refractivity contribution in [1.82, 2.24) is 4.98 Å². The van der Waals surface area contributed by atoms with Crippen LogP contribution in [0.2, 0.25) is 0 Å². The smallest absolute Gasteiger partial charge is 0.255 e. The van der Waals surface area contributed by atoms with Gasteiger partial charge in [0, 0.05) is 12.2 Å². The quantitative estimate of drug-likeness (QED) is 0.518. The summed E-state index contributed by atoms with van der Waals surface area (Å²) in [7, 11) is 0. The molecule has 1 heterocycles. The predicted molar refractivity (Wildman–Crippen MR) is 46.7 cm³/mol. The van der Waals surface area contributed by atoms with E-state index < -0.39 is 0 Å². The van der Waals surface area contributed by atoms with Crippen molar-refractivity contribution in [2.24, 2.45) is 0 Å². The lowest BCUT2D eigenvalue weighted by Gasteiger charge is -1.93. The normalized spacial score (nSPS) is 9.58. The van der Waals surface area contributed by atoms with Crippen LogP contribution in [0, 0.1) is 11.3 Å². The van der Waals surface area contributed by atoms with E-state index in [0.29, 0.717) is 11.6 Å². The van der Waals surface area contributed by atoms with E-state index in [2.05, 4.69) is 11.1 Å². The first kappa shape index (κ1) is 9.14. The average molecular weight is 182 g/mol. The van der Waals surface area contributed by atoms with Crippen molar-refractivity contribution in [2.45, 2.75) is 24.5 Å². The van der Waals surface area contributed by atoms with Gasteiger partial charge in [-0.25, -0.2) is 4.98 Å². The Hall–Kier alpha value is -0.950. The first-order valence-corrected chi connectivity index (χ1v) is 4.81. The highest BCUT2D eigenvalue weighted by Gasteiger charge is 1.96. The highest BCUT2D eigenvalue weighted by atomic mass is 32.2. The summed E-state index contributed by atoms with van der Waals surface area (Å²) in [6.45, 7) is 0. The van der Waals surface area contributed by atoms with Crippen LogP contribution in [0.4, 0.5) is 0 Å². The predicted octanol–water partition coefficient (Wildman–Crippen LogP) is 2.46. The molecule has 12 heavy (non-hydrogen) atoms. The second-order valence-corrected chi connectivity index (χ2v) is 3.31. The average Bonchev–Trinajstić information content (AvgIpc) is 2.57. The summed E-state index contributed by atoms with van der Waals surface area (Å²) >= 11 is 1.59. The summed E-state index contributed by atoms with van der Waals surface area (Å²) in [5.74, 6) is 0.974. The number of thioether (sulfide) groups is 1. The molecule has 0 amide bonds. The van der Waals surface area contributed by atoms with Gasteiger partial charge in [-0.05, 0) is 12.8 Å². The summed E-state index contributed by atoms with van der Waals surface area (Å²) in [6.07, 6.45) is 5.85. The van der Waals surface area contributed by atoms with Gasteiger partial charge >= 0.3 is 0 Å². The third-order valence-corrected chi connectivity index (χ3v) is 2.26. The molecular formula is C8H10N2OS. The molecule has 0 aliphatic carbocycles. The maximum Gasteiger partial charge on any atom is 0.255 e. The van der Waals surface area contributed by atoms with Crippen LogP contribution in [-0.4, -0.2) is 10.7 Å². The molecule has 1 aromatic rings. The molecule has 0 aromatic carbocycles. The summed E-state index contributed by atoms with van der Waals surface area (Å²) < 4.78 is 5.03. The third-order valence-electron chi connectivity index (χ3n) is 1.32. The first-order chi connectivity index (χ1) is 5.93. The summed E-state index contributed by atoms with van der Waals surface area (Å²) in [5.41, 5.74) is 0. The highest BCUT2D eigenvalue weighted by molar-refractivity contribution is 7.99. The van der Waals surface area contributed by atoms with E-state index in [1.165, 1.54) is 0 Å². The van der Waals surface area contributed by atoms with Gasteiger partial charge in [0.15, 0.2) is 0 Å². The largest absolute Gasteiger partial charge is 0.440 e. The van der Waals surface area contributed by atoms with Crippen molar-refractivity contribution in [3.8, 4) is 6.07 Å². The van der Waals surface area contributed by atoms with E-state index >= 15 is 0 Å². The summed E-state index contributed by atoms with van der Waals surface area (Å²) in [6, 6.07) is 2.11. The second-order valence-electron chi connectivity index (χ2n) is 2.26. The van der Waals surface area contributed by atoms with Crippen molar-refractivity contribution in [1.29, 1.82) is 5.26 Å². The first-order valence-electron chi connectivity index (χ1n) is 3.82. The Kier molecular flexibility index (Phi) is 4.32. The lowest BCUT2D eigenvalue weighted by molar-refractivity contribution is 0.454. The molecule has 0 saturated heterocycles. The molecule has 0 saturated carbocycles. The highest BCUT2D eigenvalue weighted by Crippen LogP contribution is 2.16. The molecule has 0 radical (unpaired) electrons. The molecule has 1 rings (SSSR count). The zero-order chi connectivity index (χ0) is 8.65. The number of oxazole rings is 1. The Bertz CT molecular complexity index is 240. The number of unbranched alkanes of at least 4 members (excludes halogenated alkanes) is 2. The van der Waals surface area contributed by atoms with Crippen LogP contribution in [0.1, 0.15) is 19.3 Å². The van der Waals surface area contributed by atoms with Gasteiger partial charge in [-0.15, -0.1) is 0 Å². The van der Waals surface area contributed by atoms with Crippen molar-refractivity contribution in [2.75, 3.05) is 5.75 Å². The molecule has 1 aromatic heterocycles. The van der Waals surface area contributed by atoms with Gasteiger partial charge in [0.25, 0.3) is 5.22 Å². The van der Waals surface area contributed by atoms with Gasteiger partial charge in [-0.1, -0.05) is 11.8 Å². The van der Waals surface area contributed by atoms with Crippen LogP contribution in [-0.2, 0) is 0 Å². The molecule has 0 unspecified atom stereocenters. The van der Waals surface area contributed by atoms with Crippen LogP contribution in [0.15, 0.2) is 22.1 Å². The fourth-order valence-corrected chi connectivity index (χ4v) is 1.53. The Labute approximate surface area is 75.8 Å². The minimum Gasteiger partial charge on any atom is -0.440 e. The maximum atomic E-state index is 8.26. The van der Waals surface area contributed by atoms with Crippen LogP contribution in [0.3, 0.4) is 0 Å². The molecule has 3 nitrogen and oxygen atoms in total. The number of nitrogens with zero attached hydrogens (tertiary/aromatic N) is 2. The van der Waals surface area contributed by atoms with Crippen LogP contribution in [0.5, 0.6) is 0 Å². The standard InChI is InChI=1S/C8H10N2OS/c9-4-2-1-3-7-12-8-10-5-6-11-8/h5-6H,1-3,7H2. The van der Waals surface area contributed by atoms with Gasteiger partial charge in [-0.3, -0.25) is 0 Å². The Balaban J connectivity index is 2.01. The van der Waals surface area contributed by atoms with Gasteiger partial charge in [0.1, 0.15) is 6.26 Å². The van der Waals surface area contributed by atoms with E-state index in [1.54, 1.807) is 24.2 Å². The van der Waals surface area contributed by atoms with Gasteiger partial charge in [0.05, 0.1) is 12.3 Å². The Morgan fingerprint density at radius 3 is 3.17 bits per heavy atom. The zero-order valence-electron chi connectivity index (χ0n) is 6.69. The van der Waals surface area contributed by atoms with Gasteiger partial charge in [0.2, 0.25) is 0 Å². The number of hydrogen-bond donors (Lipinski definition) is 0. The minimum atomic E-state index is 0.645. The fourth-order valence-electron chi connectivity index (χ4n) is 0.747. The fraction of sp³-hybridized carbons (Fsp3) is 0.500. The number of rotatable bonds is 5. The Morgan fingerprint density at radius 2 is 2.50 bits per heavy atom. The van der Waals surface area contributed by atoms with E-state index in [-0.39, 0.29) is 0 Å². The monoisotopic (exact) mass is 182 g/mol. The molecule has 0 fully saturated rings. The third kappa shape index (κ3) is 3.44. The number of hydrogen-bond acceptors (Lipinski definition) is 4. The van der Waals surface area contributed by atoms with Crippen LogP contribution >= 0.6 is 11.8 Å². The number of nitriles is 1. The van der Waals surface area contributed by atoms with Crippen molar-refractivity contribution in [3.63, 3.8) is 0 Å². The van der Waals surface area contributed by atoms with Crippen molar-refractivity contribution in [3.05, 3.63) is 12.5 Å². The molecule has 0 atom stereocenters. The molecular weight excluding hydrogens is 172 g/mol. The van der Waals surface area contributed by atoms with E-state index in [1.807, 2.05) is 0 Å². The molecule has 0 spiro atoms. The zero-order valence-corrected chi connectivity index (χ0v) is 7.51. The lowest BCUT2D eigenvalue weighted by Crippen LogP contribution is -1.79. The SMILES string of the molecule is N#CCCCCSc1ncco1. The molecule has 0 aliphatic heterocycles. The van der Waals surface area contributed by atoms with E-state index in [0.717, 1.165) is 18.6 Å². The molecule has 64 valence electrons.